The van der Waals surface area contributed by atoms with Crippen LogP contribution in [0.15, 0.2) is 18.2 Å². The van der Waals surface area contributed by atoms with Gasteiger partial charge in [-0.2, -0.15) is 0 Å². The number of nitrogens with one attached hydrogen (secondary N) is 1. The average molecular weight is 310 g/mol. The second kappa shape index (κ2) is 6.22. The first-order chi connectivity index (χ1) is 10.2. The summed E-state index contributed by atoms with van der Waals surface area (Å²) in [6, 6.07) is 5.80. The molecule has 21 heavy (non-hydrogen) atoms. The number of rotatable bonds is 3. The molecule has 0 radical (unpaired) electrons. The van der Waals surface area contributed by atoms with Crippen molar-refractivity contribution in [2.75, 3.05) is 46.4 Å². The Labute approximate surface area is 129 Å². The lowest BCUT2D eigenvalue weighted by molar-refractivity contribution is 0.0499. The van der Waals surface area contributed by atoms with E-state index in [9.17, 15) is 4.79 Å². The summed E-state index contributed by atoms with van der Waals surface area (Å²) in [5, 5.41) is 3.86. The van der Waals surface area contributed by atoms with Gasteiger partial charge in [0, 0.05) is 50.3 Å². The van der Waals surface area contributed by atoms with E-state index in [0.29, 0.717) is 22.4 Å². The zero-order chi connectivity index (χ0) is 14.8. The Bertz CT molecular complexity index is 526. The number of piperazine rings is 1. The lowest BCUT2D eigenvalue weighted by Crippen LogP contribution is -2.62. The molecule has 1 amide bonds. The van der Waals surface area contributed by atoms with Gasteiger partial charge in [0.1, 0.15) is 5.75 Å². The van der Waals surface area contributed by atoms with Crippen molar-refractivity contribution in [1.82, 2.24) is 15.1 Å². The third-order valence-corrected chi connectivity index (χ3v) is 4.51. The molecule has 0 bridgehead atoms. The van der Waals surface area contributed by atoms with Crippen molar-refractivity contribution in [3.05, 3.63) is 28.8 Å². The quantitative estimate of drug-likeness (QED) is 0.907. The predicted octanol–water partition coefficient (Wildman–Crippen LogP) is 1.08. The summed E-state index contributed by atoms with van der Waals surface area (Å²) in [6.07, 6.45) is 0. The van der Waals surface area contributed by atoms with E-state index in [1.807, 2.05) is 4.90 Å². The van der Waals surface area contributed by atoms with Gasteiger partial charge in [-0.1, -0.05) is 11.6 Å². The molecule has 3 rings (SSSR count). The Balaban J connectivity index is 1.66. The van der Waals surface area contributed by atoms with Crippen LogP contribution in [0.4, 0.5) is 0 Å². The minimum Gasteiger partial charge on any atom is -0.496 e. The number of benzene rings is 1. The molecule has 0 saturated carbocycles. The lowest BCUT2D eigenvalue weighted by atomic mass is 10.1. The number of carbonyl (C=O) groups is 1. The fourth-order valence-electron chi connectivity index (χ4n) is 2.83. The first-order valence-corrected chi connectivity index (χ1v) is 7.64. The third-order valence-electron chi connectivity index (χ3n) is 4.27. The minimum absolute atomic E-state index is 0.0231. The Kier molecular flexibility index (Phi) is 4.33. The van der Waals surface area contributed by atoms with Crippen molar-refractivity contribution in [2.24, 2.45) is 0 Å². The highest BCUT2D eigenvalue weighted by Crippen LogP contribution is 2.25. The molecule has 2 heterocycles. The van der Waals surface area contributed by atoms with Gasteiger partial charge in [-0.15, -0.1) is 0 Å². The van der Waals surface area contributed by atoms with Crippen LogP contribution in [0, 0.1) is 0 Å². The molecule has 114 valence electrons. The normalized spacial score (nSPS) is 20.2. The van der Waals surface area contributed by atoms with Crippen LogP contribution < -0.4 is 10.1 Å². The van der Waals surface area contributed by atoms with Crippen LogP contribution in [0.25, 0.3) is 0 Å². The Hall–Kier alpha value is -1.30. The molecular weight excluding hydrogens is 290 g/mol. The van der Waals surface area contributed by atoms with Crippen molar-refractivity contribution >= 4 is 17.5 Å². The molecule has 5 nitrogen and oxygen atoms in total. The van der Waals surface area contributed by atoms with Gasteiger partial charge in [0.05, 0.1) is 12.7 Å². The van der Waals surface area contributed by atoms with Gasteiger partial charge in [0.2, 0.25) is 0 Å². The monoisotopic (exact) mass is 309 g/mol. The third kappa shape index (κ3) is 3.00. The summed E-state index contributed by atoms with van der Waals surface area (Å²) >= 11 is 5.94. The van der Waals surface area contributed by atoms with Gasteiger partial charge >= 0.3 is 0 Å². The topological polar surface area (TPSA) is 44.8 Å². The van der Waals surface area contributed by atoms with Gasteiger partial charge in [-0.3, -0.25) is 9.69 Å². The number of hydrogen-bond acceptors (Lipinski definition) is 4. The molecule has 2 saturated heterocycles. The first-order valence-electron chi connectivity index (χ1n) is 7.26. The van der Waals surface area contributed by atoms with Crippen LogP contribution in [-0.4, -0.2) is 68.1 Å². The Morgan fingerprint density at radius 3 is 2.57 bits per heavy atom. The summed E-state index contributed by atoms with van der Waals surface area (Å²) < 4.78 is 5.27. The molecule has 1 aromatic rings. The van der Waals surface area contributed by atoms with Crippen molar-refractivity contribution in [1.29, 1.82) is 0 Å². The number of carbonyl (C=O) groups excluding carboxylic acids is 1. The van der Waals surface area contributed by atoms with E-state index in [4.69, 9.17) is 16.3 Å². The molecule has 1 aromatic carbocycles. The zero-order valence-corrected chi connectivity index (χ0v) is 12.9. The summed E-state index contributed by atoms with van der Waals surface area (Å²) in [7, 11) is 1.56. The van der Waals surface area contributed by atoms with Gasteiger partial charge in [-0.05, 0) is 18.2 Å². The largest absolute Gasteiger partial charge is 0.496 e. The van der Waals surface area contributed by atoms with E-state index in [1.165, 1.54) is 0 Å². The van der Waals surface area contributed by atoms with Crippen LogP contribution >= 0.6 is 11.6 Å². The average Bonchev–Trinajstić information content (AvgIpc) is 2.45. The second-order valence-corrected chi connectivity index (χ2v) is 5.92. The highest BCUT2D eigenvalue weighted by molar-refractivity contribution is 6.30. The Morgan fingerprint density at radius 2 is 2.00 bits per heavy atom. The van der Waals surface area contributed by atoms with Crippen molar-refractivity contribution in [3.8, 4) is 5.75 Å². The van der Waals surface area contributed by atoms with Gasteiger partial charge in [-0.25, -0.2) is 0 Å². The van der Waals surface area contributed by atoms with E-state index in [2.05, 4.69) is 10.2 Å². The maximum absolute atomic E-state index is 12.6. The van der Waals surface area contributed by atoms with Crippen LogP contribution in [-0.2, 0) is 0 Å². The molecular formula is C15H20ClN3O2. The van der Waals surface area contributed by atoms with Crippen LogP contribution in [0.5, 0.6) is 5.75 Å². The Morgan fingerprint density at radius 1 is 1.29 bits per heavy atom. The molecule has 0 atom stereocenters. The lowest BCUT2D eigenvalue weighted by Gasteiger charge is -2.43. The molecule has 1 N–H and O–H groups in total. The zero-order valence-electron chi connectivity index (χ0n) is 12.1. The highest BCUT2D eigenvalue weighted by Gasteiger charge is 2.30. The molecule has 0 aliphatic carbocycles. The second-order valence-electron chi connectivity index (χ2n) is 5.48. The summed E-state index contributed by atoms with van der Waals surface area (Å²) in [4.78, 5) is 17.0. The molecule has 2 aliphatic heterocycles. The van der Waals surface area contributed by atoms with E-state index in [-0.39, 0.29) is 5.91 Å². The van der Waals surface area contributed by atoms with E-state index in [1.54, 1.807) is 25.3 Å². The molecule has 0 unspecified atom stereocenters. The molecule has 2 fully saturated rings. The van der Waals surface area contributed by atoms with Crippen molar-refractivity contribution < 1.29 is 9.53 Å². The number of amides is 1. The summed E-state index contributed by atoms with van der Waals surface area (Å²) in [5.74, 6) is 0.563. The maximum Gasteiger partial charge on any atom is 0.257 e. The number of halogens is 1. The summed E-state index contributed by atoms with van der Waals surface area (Å²) in [5.41, 5.74) is 0.584. The van der Waals surface area contributed by atoms with Crippen molar-refractivity contribution in [3.63, 3.8) is 0 Å². The maximum atomic E-state index is 12.6. The molecule has 0 spiro atoms. The van der Waals surface area contributed by atoms with E-state index in [0.717, 1.165) is 39.3 Å². The van der Waals surface area contributed by atoms with Crippen LogP contribution in [0.3, 0.4) is 0 Å². The number of nitrogens with zero attached hydrogens (tertiary/aromatic N) is 2. The number of hydrogen-bond donors (Lipinski definition) is 1. The SMILES string of the molecule is COc1cc(Cl)ccc1C(=O)N1CCN(C2CNC2)CC1. The predicted molar refractivity (Wildman–Crippen MR) is 82.1 cm³/mol. The van der Waals surface area contributed by atoms with Gasteiger partial charge < -0.3 is 15.0 Å². The van der Waals surface area contributed by atoms with Gasteiger partial charge in [0.15, 0.2) is 0 Å². The standard InChI is InChI=1S/C15H20ClN3O2/c1-21-14-8-11(16)2-3-13(14)15(20)19-6-4-18(5-7-19)12-9-17-10-12/h2-3,8,12,17H,4-7,9-10H2,1H3. The molecule has 0 aromatic heterocycles. The molecule has 6 heteroatoms. The fraction of sp³-hybridized carbons (Fsp3) is 0.533. The van der Waals surface area contributed by atoms with Crippen molar-refractivity contribution in [2.45, 2.75) is 6.04 Å². The number of methoxy groups -OCH3 is 1. The fourth-order valence-corrected chi connectivity index (χ4v) is 3.00. The van der Waals surface area contributed by atoms with Crippen LogP contribution in [0.2, 0.25) is 5.02 Å². The smallest absolute Gasteiger partial charge is 0.257 e. The van der Waals surface area contributed by atoms with Crippen LogP contribution in [0.1, 0.15) is 10.4 Å². The highest BCUT2D eigenvalue weighted by atomic mass is 35.5. The van der Waals surface area contributed by atoms with Gasteiger partial charge in [0.25, 0.3) is 5.91 Å². The molecule has 2 aliphatic rings. The van der Waals surface area contributed by atoms with E-state index < -0.39 is 0 Å². The van der Waals surface area contributed by atoms with E-state index >= 15 is 0 Å². The first kappa shape index (κ1) is 14.6. The minimum atomic E-state index is 0.0231. The summed E-state index contributed by atoms with van der Waals surface area (Å²) in [6.45, 7) is 5.54. The number of ether oxygens (including phenoxy) is 1.